The number of aryl methyl sites for hydroxylation is 1. The van der Waals surface area contributed by atoms with Gasteiger partial charge in [0.15, 0.2) is 0 Å². The molecular weight excluding hydrogens is 468 g/mol. The molecule has 2 aromatic rings. The number of benzene rings is 2. The van der Waals surface area contributed by atoms with Gasteiger partial charge in [0.05, 0.1) is 23.4 Å². The van der Waals surface area contributed by atoms with Crippen molar-refractivity contribution in [2.75, 3.05) is 16.3 Å². The summed E-state index contributed by atoms with van der Waals surface area (Å²) in [5.41, 5.74) is 1.98. The van der Waals surface area contributed by atoms with Gasteiger partial charge in [-0.2, -0.15) is 0 Å². The largest absolute Gasteiger partial charge is 0.426 e. The fourth-order valence-electron chi connectivity index (χ4n) is 6.41. The van der Waals surface area contributed by atoms with E-state index >= 15 is 0 Å². The topological polar surface area (TPSA) is 84.0 Å². The van der Waals surface area contributed by atoms with Crippen LogP contribution in [-0.4, -0.2) is 30.2 Å². The Kier molecular flexibility index (Phi) is 5.22. The van der Waals surface area contributed by atoms with Crippen LogP contribution >= 0.6 is 11.6 Å². The molecule has 5 atom stereocenters. The maximum atomic E-state index is 13.1. The van der Waals surface area contributed by atoms with Crippen molar-refractivity contribution in [3.05, 3.63) is 53.1 Å². The molecule has 7 nitrogen and oxygen atoms in total. The summed E-state index contributed by atoms with van der Waals surface area (Å²) in [4.78, 5) is 54.6. The number of nitrogens with zero attached hydrogens (tertiary/aromatic N) is 2. The predicted octanol–water partition coefficient (Wildman–Crippen LogP) is 4.14. The van der Waals surface area contributed by atoms with Crippen LogP contribution in [-0.2, 0) is 19.2 Å². The number of anilines is 2. The summed E-state index contributed by atoms with van der Waals surface area (Å²) in [5, 5.41) is 0.557. The second-order valence-electron chi connectivity index (χ2n) is 10.2. The van der Waals surface area contributed by atoms with Crippen LogP contribution in [0.3, 0.4) is 0 Å². The third-order valence-electron chi connectivity index (χ3n) is 8.15. The molecule has 8 heteroatoms. The molecule has 2 heterocycles. The third-order valence-corrected chi connectivity index (χ3v) is 8.55. The standard InChI is InChI=1S/C27H25ClN2O5/c1-14-5-8-18(12-21(14)28)29-13-17(10-22(29)31)27(34)35-20-4-2-3-19(11-20)30-25(32)23-15-6-7-16(9-15)24(23)26(30)33/h2-5,8,11-12,15-17,23-24H,6-7,9-10,13H2,1H3/t15-,16-,17+,23+,24+/m0/s1. The van der Waals surface area contributed by atoms with E-state index in [1.165, 1.54) is 4.90 Å². The van der Waals surface area contributed by atoms with E-state index in [4.69, 9.17) is 16.3 Å². The first-order chi connectivity index (χ1) is 16.8. The molecule has 35 heavy (non-hydrogen) atoms. The van der Waals surface area contributed by atoms with Gasteiger partial charge in [0, 0.05) is 29.7 Å². The molecule has 0 N–H and O–H groups in total. The van der Waals surface area contributed by atoms with Gasteiger partial charge in [-0.05, 0) is 67.9 Å². The highest BCUT2D eigenvalue weighted by Gasteiger charge is 2.61. The molecule has 0 aromatic heterocycles. The van der Waals surface area contributed by atoms with Crippen molar-refractivity contribution in [2.45, 2.75) is 32.6 Å². The van der Waals surface area contributed by atoms with Gasteiger partial charge in [0.25, 0.3) is 0 Å². The lowest BCUT2D eigenvalue weighted by molar-refractivity contribution is -0.139. The Hall–Kier alpha value is -3.19. The molecule has 180 valence electrons. The van der Waals surface area contributed by atoms with Crippen LogP contribution in [0.4, 0.5) is 11.4 Å². The van der Waals surface area contributed by atoms with Crippen LogP contribution in [0.5, 0.6) is 5.75 Å². The average Bonchev–Trinajstić information content (AvgIpc) is 3.59. The van der Waals surface area contributed by atoms with Crippen molar-refractivity contribution < 1.29 is 23.9 Å². The van der Waals surface area contributed by atoms with Crippen LogP contribution in [0.1, 0.15) is 31.2 Å². The fourth-order valence-corrected chi connectivity index (χ4v) is 6.59. The Morgan fingerprint density at radius 3 is 2.37 bits per heavy atom. The molecule has 2 saturated heterocycles. The number of imide groups is 1. The Morgan fingerprint density at radius 2 is 1.69 bits per heavy atom. The molecule has 6 rings (SSSR count). The average molecular weight is 493 g/mol. The molecule has 2 aromatic carbocycles. The van der Waals surface area contributed by atoms with Gasteiger partial charge in [0.2, 0.25) is 17.7 Å². The summed E-state index contributed by atoms with van der Waals surface area (Å²) in [6, 6.07) is 11.9. The lowest BCUT2D eigenvalue weighted by atomic mass is 9.81. The summed E-state index contributed by atoms with van der Waals surface area (Å²) in [5.74, 6) is -1.16. The van der Waals surface area contributed by atoms with Gasteiger partial charge in [-0.15, -0.1) is 0 Å². The molecule has 2 aliphatic carbocycles. The Morgan fingerprint density at radius 1 is 0.971 bits per heavy atom. The number of rotatable bonds is 4. The summed E-state index contributed by atoms with van der Waals surface area (Å²) in [7, 11) is 0. The third kappa shape index (κ3) is 3.56. The van der Waals surface area contributed by atoms with Crippen molar-refractivity contribution in [2.24, 2.45) is 29.6 Å². The highest BCUT2D eigenvalue weighted by atomic mass is 35.5. The number of halogens is 1. The Bertz CT molecular complexity index is 1250. The first-order valence-corrected chi connectivity index (χ1v) is 12.5. The number of carbonyl (C=O) groups is 4. The van der Waals surface area contributed by atoms with E-state index in [2.05, 4.69) is 0 Å². The summed E-state index contributed by atoms with van der Waals surface area (Å²) < 4.78 is 5.60. The van der Waals surface area contributed by atoms with Gasteiger partial charge in [0.1, 0.15) is 5.75 Å². The first-order valence-electron chi connectivity index (χ1n) is 12.1. The minimum absolute atomic E-state index is 0.0409. The van der Waals surface area contributed by atoms with Crippen molar-refractivity contribution in [3.8, 4) is 5.75 Å². The summed E-state index contributed by atoms with van der Waals surface area (Å²) in [6.07, 6.45) is 3.05. The van der Waals surface area contributed by atoms with Gasteiger partial charge in [-0.1, -0.05) is 23.7 Å². The Balaban J connectivity index is 1.16. The summed E-state index contributed by atoms with van der Waals surface area (Å²) in [6.45, 7) is 2.08. The van der Waals surface area contributed by atoms with Crippen LogP contribution in [0.25, 0.3) is 0 Å². The zero-order valence-electron chi connectivity index (χ0n) is 19.3. The van der Waals surface area contributed by atoms with Gasteiger partial charge < -0.3 is 9.64 Å². The smallest absolute Gasteiger partial charge is 0.316 e. The number of esters is 1. The molecule has 0 unspecified atom stereocenters. The highest BCUT2D eigenvalue weighted by Crippen LogP contribution is 2.56. The number of amides is 3. The van der Waals surface area contributed by atoms with Crippen LogP contribution in [0, 0.1) is 36.5 Å². The molecule has 2 saturated carbocycles. The van der Waals surface area contributed by atoms with Crippen LogP contribution < -0.4 is 14.5 Å². The molecule has 4 fully saturated rings. The van der Waals surface area contributed by atoms with Crippen molar-refractivity contribution in [3.63, 3.8) is 0 Å². The fraction of sp³-hybridized carbons (Fsp3) is 0.407. The second-order valence-corrected chi connectivity index (χ2v) is 10.6. The van der Waals surface area contributed by atoms with E-state index in [-0.39, 0.29) is 48.3 Å². The van der Waals surface area contributed by atoms with Crippen molar-refractivity contribution in [1.82, 2.24) is 0 Å². The maximum Gasteiger partial charge on any atom is 0.316 e. The predicted molar refractivity (Wildman–Crippen MR) is 129 cm³/mol. The van der Waals surface area contributed by atoms with E-state index < -0.39 is 11.9 Å². The van der Waals surface area contributed by atoms with E-state index in [0.717, 1.165) is 24.8 Å². The SMILES string of the molecule is Cc1ccc(N2C[C@H](C(=O)Oc3cccc(N4C(=O)[C@@H]5[C@H]6CC[C@@H](C6)[C@H]5C4=O)c3)CC2=O)cc1Cl. The molecule has 4 aliphatic rings. The van der Waals surface area contributed by atoms with Gasteiger partial charge in [-0.25, -0.2) is 4.90 Å². The lowest BCUT2D eigenvalue weighted by Crippen LogP contribution is -2.32. The minimum Gasteiger partial charge on any atom is -0.426 e. The molecule has 0 radical (unpaired) electrons. The van der Waals surface area contributed by atoms with E-state index in [1.54, 1.807) is 35.2 Å². The van der Waals surface area contributed by atoms with Gasteiger partial charge in [-0.3, -0.25) is 19.2 Å². The number of fused-ring (bicyclic) bond motifs is 5. The number of hydrogen-bond acceptors (Lipinski definition) is 5. The normalized spacial score (nSPS) is 29.3. The lowest BCUT2D eigenvalue weighted by Gasteiger charge is -2.19. The molecule has 2 bridgehead atoms. The van der Waals surface area contributed by atoms with Crippen LogP contribution in [0.2, 0.25) is 5.02 Å². The van der Waals surface area contributed by atoms with E-state index in [0.29, 0.717) is 28.2 Å². The zero-order chi connectivity index (χ0) is 24.4. The Labute approximate surface area is 208 Å². The number of ether oxygens (including phenoxy) is 1. The van der Waals surface area contributed by atoms with Crippen LogP contribution in [0.15, 0.2) is 42.5 Å². The van der Waals surface area contributed by atoms with E-state index in [9.17, 15) is 19.2 Å². The maximum absolute atomic E-state index is 13.1. The molecule has 2 aliphatic heterocycles. The minimum atomic E-state index is -0.628. The zero-order valence-corrected chi connectivity index (χ0v) is 20.0. The van der Waals surface area contributed by atoms with Crippen molar-refractivity contribution in [1.29, 1.82) is 0 Å². The summed E-state index contributed by atoms with van der Waals surface area (Å²) >= 11 is 6.20. The quantitative estimate of drug-likeness (QED) is 0.364. The second kappa shape index (κ2) is 8.19. The number of hydrogen-bond donors (Lipinski definition) is 0. The monoisotopic (exact) mass is 492 g/mol. The molecule has 3 amide bonds. The van der Waals surface area contributed by atoms with Gasteiger partial charge >= 0.3 is 5.97 Å². The highest BCUT2D eigenvalue weighted by molar-refractivity contribution is 6.31. The van der Waals surface area contributed by atoms with E-state index in [1.807, 2.05) is 19.1 Å². The van der Waals surface area contributed by atoms with Crippen molar-refractivity contribution >= 4 is 46.7 Å². The molecular formula is C27H25ClN2O5. The number of carbonyl (C=O) groups excluding carboxylic acids is 4. The molecule has 0 spiro atoms. The first kappa shape index (κ1) is 22.3.